The van der Waals surface area contributed by atoms with Crippen LogP contribution in [0.1, 0.15) is 36.6 Å². The van der Waals surface area contributed by atoms with Crippen LogP contribution < -0.4 is 24.8 Å². The molecule has 0 aliphatic carbocycles. The quantitative estimate of drug-likeness (QED) is 0.467. The molecule has 8 nitrogen and oxygen atoms in total. The first kappa shape index (κ1) is 22.8. The lowest BCUT2D eigenvalue weighted by Crippen LogP contribution is -2.44. The zero-order chi connectivity index (χ0) is 22.1. The van der Waals surface area contributed by atoms with Crippen molar-refractivity contribution < 1.29 is 18.6 Å². The summed E-state index contributed by atoms with van der Waals surface area (Å²) in [5.74, 6) is 3.75. The van der Waals surface area contributed by atoms with E-state index in [2.05, 4.69) is 20.5 Å². The van der Waals surface area contributed by atoms with E-state index in [1.165, 1.54) is 19.3 Å². The number of nitrogens with one attached hydrogen (secondary N) is 2. The number of aliphatic imine (C=N–C) groups is 1. The summed E-state index contributed by atoms with van der Waals surface area (Å²) < 4.78 is 22.2. The van der Waals surface area contributed by atoms with E-state index >= 15 is 0 Å². The summed E-state index contributed by atoms with van der Waals surface area (Å²) in [5.41, 5.74) is 0.896. The van der Waals surface area contributed by atoms with Crippen molar-refractivity contribution in [3.05, 3.63) is 41.9 Å². The lowest BCUT2D eigenvalue weighted by molar-refractivity contribution is 0.146. The van der Waals surface area contributed by atoms with Crippen molar-refractivity contribution in [2.45, 2.75) is 31.8 Å². The van der Waals surface area contributed by atoms with E-state index in [0.717, 1.165) is 24.4 Å². The van der Waals surface area contributed by atoms with Crippen LogP contribution in [0.5, 0.6) is 17.2 Å². The Morgan fingerprint density at radius 1 is 1.06 bits per heavy atom. The monoisotopic (exact) mass is 430 g/mol. The van der Waals surface area contributed by atoms with E-state index in [4.69, 9.17) is 18.6 Å². The number of hydrogen-bond donors (Lipinski definition) is 2. The minimum Gasteiger partial charge on any atom is -0.496 e. The number of nitrogens with zero attached hydrogens (tertiary/aromatic N) is 2. The highest BCUT2D eigenvalue weighted by molar-refractivity contribution is 5.79. The Morgan fingerprint density at radius 2 is 1.77 bits per heavy atom. The zero-order valence-corrected chi connectivity index (χ0v) is 18.9. The van der Waals surface area contributed by atoms with Gasteiger partial charge in [0.2, 0.25) is 0 Å². The van der Waals surface area contributed by atoms with Gasteiger partial charge in [0.25, 0.3) is 0 Å². The molecule has 31 heavy (non-hydrogen) atoms. The van der Waals surface area contributed by atoms with Crippen molar-refractivity contribution in [1.82, 2.24) is 15.5 Å². The fourth-order valence-corrected chi connectivity index (χ4v) is 3.96. The van der Waals surface area contributed by atoms with Crippen molar-refractivity contribution in [1.29, 1.82) is 0 Å². The molecule has 1 unspecified atom stereocenters. The molecule has 1 aromatic heterocycles. The van der Waals surface area contributed by atoms with Gasteiger partial charge in [-0.25, -0.2) is 0 Å². The number of benzene rings is 1. The second-order valence-electron chi connectivity index (χ2n) is 7.44. The molecule has 8 heteroatoms. The minimum atomic E-state index is 0.166. The average molecular weight is 431 g/mol. The van der Waals surface area contributed by atoms with Gasteiger partial charge >= 0.3 is 0 Å². The van der Waals surface area contributed by atoms with Crippen LogP contribution in [0, 0.1) is 0 Å². The van der Waals surface area contributed by atoms with Crippen molar-refractivity contribution in [3.63, 3.8) is 0 Å². The van der Waals surface area contributed by atoms with Crippen LogP contribution >= 0.6 is 0 Å². The normalized spacial score (nSPS) is 15.9. The van der Waals surface area contributed by atoms with Gasteiger partial charge in [-0.05, 0) is 38.1 Å². The average Bonchev–Trinajstić information content (AvgIpc) is 3.36. The van der Waals surface area contributed by atoms with Crippen LogP contribution in [0.25, 0.3) is 0 Å². The molecule has 2 aromatic rings. The summed E-state index contributed by atoms with van der Waals surface area (Å²) in [5, 5.41) is 6.82. The van der Waals surface area contributed by atoms with Gasteiger partial charge in [0.05, 0.1) is 45.7 Å². The largest absolute Gasteiger partial charge is 0.496 e. The smallest absolute Gasteiger partial charge is 0.191 e. The summed E-state index contributed by atoms with van der Waals surface area (Å²) in [4.78, 5) is 6.87. The molecule has 1 saturated heterocycles. The first-order valence-corrected chi connectivity index (χ1v) is 10.7. The Hall–Kier alpha value is -2.87. The molecular formula is C23H34N4O4. The van der Waals surface area contributed by atoms with Crippen molar-refractivity contribution in [2.24, 2.45) is 4.99 Å². The van der Waals surface area contributed by atoms with Crippen molar-refractivity contribution >= 4 is 5.96 Å². The molecule has 1 aliphatic rings. The molecule has 0 spiro atoms. The first-order chi connectivity index (χ1) is 15.2. The van der Waals surface area contributed by atoms with E-state index < -0.39 is 0 Å². The second kappa shape index (κ2) is 11.5. The SMILES string of the molecule is CN=C(NCc1c(OC)cc(OC)cc1OC)NCC(c1ccco1)N1CCCCC1. The minimum absolute atomic E-state index is 0.166. The molecule has 1 atom stereocenters. The topological polar surface area (TPSA) is 80.5 Å². The van der Waals surface area contributed by atoms with Gasteiger partial charge in [-0.3, -0.25) is 9.89 Å². The van der Waals surface area contributed by atoms with Gasteiger partial charge in [0.1, 0.15) is 23.0 Å². The second-order valence-corrected chi connectivity index (χ2v) is 7.44. The van der Waals surface area contributed by atoms with E-state index in [1.54, 1.807) is 34.6 Å². The van der Waals surface area contributed by atoms with Gasteiger partial charge in [0, 0.05) is 25.7 Å². The number of piperidine rings is 1. The van der Waals surface area contributed by atoms with Gasteiger partial charge < -0.3 is 29.3 Å². The highest BCUT2D eigenvalue weighted by atomic mass is 16.5. The Morgan fingerprint density at radius 3 is 2.32 bits per heavy atom. The predicted octanol–water partition coefficient (Wildman–Crippen LogP) is 3.20. The maximum absolute atomic E-state index is 5.74. The maximum atomic E-state index is 5.74. The van der Waals surface area contributed by atoms with Gasteiger partial charge in [-0.15, -0.1) is 0 Å². The van der Waals surface area contributed by atoms with Crippen molar-refractivity contribution in [3.8, 4) is 17.2 Å². The summed E-state index contributed by atoms with van der Waals surface area (Å²) in [6, 6.07) is 7.85. The van der Waals surface area contributed by atoms with Crippen LogP contribution in [0.4, 0.5) is 0 Å². The predicted molar refractivity (Wildman–Crippen MR) is 121 cm³/mol. The zero-order valence-electron chi connectivity index (χ0n) is 18.9. The Bertz CT molecular complexity index is 807. The third-order valence-corrected chi connectivity index (χ3v) is 5.64. The number of furan rings is 1. The van der Waals surface area contributed by atoms with Crippen LogP contribution in [0.2, 0.25) is 0 Å². The molecule has 1 aromatic carbocycles. The van der Waals surface area contributed by atoms with Gasteiger partial charge in [-0.1, -0.05) is 6.42 Å². The molecule has 0 radical (unpaired) electrons. The van der Waals surface area contributed by atoms with Crippen LogP contribution in [-0.4, -0.2) is 58.9 Å². The highest BCUT2D eigenvalue weighted by Gasteiger charge is 2.24. The number of methoxy groups -OCH3 is 3. The van der Waals surface area contributed by atoms with Gasteiger partial charge in [0.15, 0.2) is 5.96 Å². The number of guanidine groups is 1. The molecule has 0 saturated carbocycles. The number of ether oxygens (including phenoxy) is 3. The molecule has 0 amide bonds. The Labute approximate surface area is 184 Å². The summed E-state index contributed by atoms with van der Waals surface area (Å²) >= 11 is 0. The molecule has 2 heterocycles. The molecule has 2 N–H and O–H groups in total. The van der Waals surface area contributed by atoms with Gasteiger partial charge in [-0.2, -0.15) is 0 Å². The third-order valence-electron chi connectivity index (χ3n) is 5.64. The highest BCUT2D eigenvalue weighted by Crippen LogP contribution is 2.33. The lowest BCUT2D eigenvalue weighted by atomic mass is 10.1. The van der Waals surface area contributed by atoms with E-state index in [1.807, 2.05) is 24.3 Å². The fourth-order valence-electron chi connectivity index (χ4n) is 3.96. The third kappa shape index (κ3) is 5.85. The van der Waals surface area contributed by atoms with Crippen LogP contribution in [0.3, 0.4) is 0 Å². The molecular weight excluding hydrogens is 396 g/mol. The lowest BCUT2D eigenvalue weighted by Gasteiger charge is -2.33. The molecule has 1 fully saturated rings. The standard InChI is InChI=1S/C23H34N4O4/c1-24-23(25-15-18-21(29-3)13-17(28-2)14-22(18)30-4)26-16-19(20-9-8-12-31-20)27-10-6-5-7-11-27/h8-9,12-14,19H,5-7,10-11,15-16H2,1-4H3,(H2,24,25,26). The molecule has 1 aliphatic heterocycles. The number of hydrogen-bond acceptors (Lipinski definition) is 6. The Balaban J connectivity index is 1.66. The summed E-state index contributed by atoms with van der Waals surface area (Å²) in [6.07, 6.45) is 5.48. The summed E-state index contributed by atoms with van der Waals surface area (Å²) in [6.45, 7) is 3.36. The van der Waals surface area contributed by atoms with Crippen molar-refractivity contribution in [2.75, 3.05) is 48.0 Å². The van der Waals surface area contributed by atoms with E-state index in [9.17, 15) is 0 Å². The van der Waals surface area contributed by atoms with E-state index in [0.29, 0.717) is 36.3 Å². The Kier molecular flexibility index (Phi) is 8.46. The first-order valence-electron chi connectivity index (χ1n) is 10.7. The molecule has 3 rings (SSSR count). The van der Waals surface area contributed by atoms with Crippen LogP contribution in [-0.2, 0) is 6.54 Å². The number of likely N-dealkylation sites (tertiary alicyclic amines) is 1. The van der Waals surface area contributed by atoms with E-state index in [-0.39, 0.29) is 6.04 Å². The maximum Gasteiger partial charge on any atom is 0.191 e. The summed E-state index contributed by atoms with van der Waals surface area (Å²) in [7, 11) is 6.66. The fraction of sp³-hybridized carbons (Fsp3) is 0.522. The molecule has 170 valence electrons. The molecule has 0 bridgehead atoms. The van der Waals surface area contributed by atoms with Crippen LogP contribution in [0.15, 0.2) is 39.9 Å². The number of rotatable bonds is 9.